The Labute approximate surface area is 109 Å². The number of rotatable bonds is 4. The van der Waals surface area contributed by atoms with Crippen molar-refractivity contribution in [2.24, 2.45) is 0 Å². The van der Waals surface area contributed by atoms with E-state index in [1.807, 2.05) is 0 Å². The standard InChI is InChI=1S/C14H24N2O2/c1-18-13(17)14(15-11-4-2-3-5-11)8-9-16(10-14)12-6-7-12/h11-12,15H,2-10H2,1H3. The number of methoxy groups -OCH3 is 1. The average molecular weight is 252 g/mol. The predicted molar refractivity (Wildman–Crippen MR) is 69.4 cm³/mol. The normalized spacial score (nSPS) is 34.1. The van der Waals surface area contributed by atoms with E-state index in [0.29, 0.717) is 6.04 Å². The third-order valence-corrected chi connectivity index (χ3v) is 4.77. The van der Waals surface area contributed by atoms with E-state index in [0.717, 1.165) is 25.6 Å². The van der Waals surface area contributed by atoms with Gasteiger partial charge in [0.15, 0.2) is 0 Å². The van der Waals surface area contributed by atoms with Gasteiger partial charge in [-0.15, -0.1) is 0 Å². The SMILES string of the molecule is COC(=O)C1(NC2CCCC2)CCN(C2CC2)C1. The van der Waals surface area contributed by atoms with E-state index >= 15 is 0 Å². The predicted octanol–water partition coefficient (Wildman–Crippen LogP) is 1.30. The monoisotopic (exact) mass is 252 g/mol. The number of nitrogens with one attached hydrogen (secondary N) is 1. The molecule has 2 saturated carbocycles. The molecule has 0 aromatic rings. The minimum Gasteiger partial charge on any atom is -0.468 e. The third kappa shape index (κ3) is 2.28. The molecule has 3 aliphatic rings. The van der Waals surface area contributed by atoms with Crippen LogP contribution >= 0.6 is 0 Å². The first-order chi connectivity index (χ1) is 8.73. The Bertz CT molecular complexity index is 324. The van der Waals surface area contributed by atoms with Crippen molar-refractivity contribution in [1.82, 2.24) is 10.2 Å². The summed E-state index contributed by atoms with van der Waals surface area (Å²) in [5, 5.41) is 3.64. The molecule has 0 amide bonds. The van der Waals surface area contributed by atoms with Gasteiger partial charge in [-0.25, -0.2) is 0 Å². The molecule has 1 unspecified atom stereocenters. The summed E-state index contributed by atoms with van der Waals surface area (Å²) in [6, 6.07) is 1.25. The van der Waals surface area contributed by atoms with Gasteiger partial charge in [0.1, 0.15) is 5.54 Å². The Morgan fingerprint density at radius 3 is 2.61 bits per heavy atom. The highest BCUT2D eigenvalue weighted by atomic mass is 16.5. The number of likely N-dealkylation sites (tertiary alicyclic amines) is 1. The molecule has 4 heteroatoms. The van der Waals surface area contributed by atoms with Crippen LogP contribution in [0.5, 0.6) is 0 Å². The quantitative estimate of drug-likeness (QED) is 0.766. The zero-order valence-corrected chi connectivity index (χ0v) is 11.3. The highest BCUT2D eigenvalue weighted by Gasteiger charge is 2.49. The molecule has 3 fully saturated rings. The Kier molecular flexibility index (Phi) is 3.32. The lowest BCUT2D eigenvalue weighted by atomic mass is 9.96. The summed E-state index contributed by atoms with van der Waals surface area (Å²) in [4.78, 5) is 14.7. The van der Waals surface area contributed by atoms with Crippen LogP contribution in [0.15, 0.2) is 0 Å². The van der Waals surface area contributed by atoms with Crippen molar-refractivity contribution in [3.05, 3.63) is 0 Å². The summed E-state index contributed by atoms with van der Waals surface area (Å²) < 4.78 is 5.07. The van der Waals surface area contributed by atoms with Crippen LogP contribution in [0.3, 0.4) is 0 Å². The second-order valence-electron chi connectivity index (χ2n) is 6.15. The molecule has 0 radical (unpaired) electrons. The number of esters is 1. The van der Waals surface area contributed by atoms with Crippen molar-refractivity contribution < 1.29 is 9.53 Å². The van der Waals surface area contributed by atoms with Gasteiger partial charge >= 0.3 is 5.97 Å². The second kappa shape index (κ2) is 4.82. The minimum absolute atomic E-state index is 0.0578. The minimum atomic E-state index is -0.424. The van der Waals surface area contributed by atoms with Crippen LogP contribution in [0.1, 0.15) is 44.9 Å². The fourth-order valence-electron chi connectivity index (χ4n) is 3.59. The molecule has 1 atom stereocenters. The molecule has 18 heavy (non-hydrogen) atoms. The molecule has 0 aromatic carbocycles. The number of carbonyl (C=O) groups excluding carboxylic acids is 1. The van der Waals surface area contributed by atoms with Crippen molar-refractivity contribution in [2.75, 3.05) is 20.2 Å². The maximum Gasteiger partial charge on any atom is 0.327 e. The van der Waals surface area contributed by atoms with Gasteiger partial charge in [-0.1, -0.05) is 12.8 Å². The summed E-state index contributed by atoms with van der Waals surface area (Å²) in [7, 11) is 1.51. The Morgan fingerprint density at radius 1 is 1.28 bits per heavy atom. The lowest BCUT2D eigenvalue weighted by molar-refractivity contribution is -0.148. The van der Waals surface area contributed by atoms with E-state index in [1.165, 1.54) is 45.6 Å². The summed E-state index contributed by atoms with van der Waals surface area (Å²) in [5.74, 6) is -0.0578. The zero-order chi connectivity index (χ0) is 12.6. The molecule has 4 nitrogen and oxygen atoms in total. The topological polar surface area (TPSA) is 41.6 Å². The molecular weight excluding hydrogens is 228 g/mol. The number of carbonyl (C=O) groups is 1. The lowest BCUT2D eigenvalue weighted by Gasteiger charge is -2.31. The van der Waals surface area contributed by atoms with E-state index in [9.17, 15) is 4.79 Å². The Hall–Kier alpha value is -0.610. The summed E-state index contributed by atoms with van der Waals surface area (Å²) in [6.45, 7) is 1.89. The summed E-state index contributed by atoms with van der Waals surface area (Å²) >= 11 is 0. The number of ether oxygens (including phenoxy) is 1. The largest absolute Gasteiger partial charge is 0.468 e. The van der Waals surface area contributed by atoms with Gasteiger partial charge in [0.25, 0.3) is 0 Å². The summed E-state index contributed by atoms with van der Waals surface area (Å²) in [6.07, 6.45) is 8.53. The highest BCUT2D eigenvalue weighted by Crippen LogP contribution is 2.35. The first-order valence-corrected chi connectivity index (χ1v) is 7.34. The highest BCUT2D eigenvalue weighted by molar-refractivity contribution is 5.81. The smallest absolute Gasteiger partial charge is 0.327 e. The first kappa shape index (κ1) is 12.4. The molecule has 102 valence electrons. The molecule has 3 rings (SSSR count). The summed E-state index contributed by atoms with van der Waals surface area (Å²) in [5.41, 5.74) is -0.424. The van der Waals surface area contributed by atoms with Gasteiger partial charge in [0.05, 0.1) is 7.11 Å². The van der Waals surface area contributed by atoms with E-state index in [2.05, 4.69) is 10.2 Å². The number of hydrogen-bond donors (Lipinski definition) is 1. The molecule has 1 aliphatic heterocycles. The maximum absolute atomic E-state index is 12.2. The van der Waals surface area contributed by atoms with Gasteiger partial charge in [-0.3, -0.25) is 15.0 Å². The van der Waals surface area contributed by atoms with Gasteiger partial charge in [0, 0.05) is 25.2 Å². The van der Waals surface area contributed by atoms with E-state index in [-0.39, 0.29) is 5.97 Å². The number of hydrogen-bond acceptors (Lipinski definition) is 4. The molecular formula is C14H24N2O2. The van der Waals surface area contributed by atoms with Crippen molar-refractivity contribution in [1.29, 1.82) is 0 Å². The van der Waals surface area contributed by atoms with Gasteiger partial charge in [-0.2, -0.15) is 0 Å². The first-order valence-electron chi connectivity index (χ1n) is 7.34. The molecule has 1 heterocycles. The Morgan fingerprint density at radius 2 is 2.00 bits per heavy atom. The van der Waals surface area contributed by atoms with E-state index in [1.54, 1.807) is 0 Å². The second-order valence-corrected chi connectivity index (χ2v) is 6.15. The van der Waals surface area contributed by atoms with Crippen LogP contribution in [0.25, 0.3) is 0 Å². The molecule has 0 spiro atoms. The fourth-order valence-corrected chi connectivity index (χ4v) is 3.59. The zero-order valence-electron chi connectivity index (χ0n) is 11.3. The molecule has 1 N–H and O–H groups in total. The Balaban J connectivity index is 1.69. The fraction of sp³-hybridized carbons (Fsp3) is 0.929. The van der Waals surface area contributed by atoms with Gasteiger partial charge in [0.2, 0.25) is 0 Å². The van der Waals surface area contributed by atoms with Crippen LogP contribution in [-0.2, 0) is 9.53 Å². The van der Waals surface area contributed by atoms with Crippen molar-refractivity contribution in [3.63, 3.8) is 0 Å². The van der Waals surface area contributed by atoms with Gasteiger partial charge in [-0.05, 0) is 32.1 Å². The van der Waals surface area contributed by atoms with E-state index in [4.69, 9.17) is 4.74 Å². The average Bonchev–Trinajstić information content (AvgIpc) is 2.95. The third-order valence-electron chi connectivity index (χ3n) is 4.77. The molecule has 1 saturated heterocycles. The van der Waals surface area contributed by atoms with Crippen LogP contribution in [0.2, 0.25) is 0 Å². The maximum atomic E-state index is 12.2. The number of nitrogens with zero attached hydrogens (tertiary/aromatic N) is 1. The van der Waals surface area contributed by atoms with Crippen LogP contribution in [-0.4, -0.2) is 48.7 Å². The van der Waals surface area contributed by atoms with Crippen LogP contribution < -0.4 is 5.32 Å². The van der Waals surface area contributed by atoms with Crippen molar-refractivity contribution in [3.8, 4) is 0 Å². The van der Waals surface area contributed by atoms with E-state index < -0.39 is 5.54 Å². The molecule has 0 bridgehead atoms. The molecule has 0 aromatic heterocycles. The van der Waals surface area contributed by atoms with Gasteiger partial charge < -0.3 is 4.74 Å². The lowest BCUT2D eigenvalue weighted by Crippen LogP contribution is -2.57. The van der Waals surface area contributed by atoms with Crippen LogP contribution in [0, 0.1) is 0 Å². The van der Waals surface area contributed by atoms with Crippen molar-refractivity contribution >= 4 is 5.97 Å². The molecule has 2 aliphatic carbocycles. The van der Waals surface area contributed by atoms with Crippen molar-refractivity contribution in [2.45, 2.75) is 62.6 Å². The van der Waals surface area contributed by atoms with Crippen LogP contribution in [0.4, 0.5) is 0 Å².